The molecule has 112 valence electrons. The Morgan fingerprint density at radius 3 is 2.21 bits per heavy atom. The fourth-order valence-electron chi connectivity index (χ4n) is 1.02. The smallest absolute Gasteiger partial charge is 0.287 e. The molecular weight excluding hydrogens is 295 g/mol. The summed E-state index contributed by atoms with van der Waals surface area (Å²) in [6.45, 7) is 3.23. The van der Waals surface area contributed by atoms with Gasteiger partial charge in [-0.15, -0.1) is 6.42 Å². The Morgan fingerprint density at radius 2 is 1.74 bits per heavy atom. The summed E-state index contributed by atoms with van der Waals surface area (Å²) in [6, 6.07) is 0. The first-order valence-electron chi connectivity index (χ1n) is 5.73. The molecule has 0 aromatic rings. The average molecular weight is 314 g/mol. The third-order valence-corrected chi connectivity index (χ3v) is 4.60. The van der Waals surface area contributed by atoms with Crippen LogP contribution < -0.4 is 0 Å². The zero-order valence-corrected chi connectivity index (χ0v) is 12.7. The van der Waals surface area contributed by atoms with E-state index in [4.69, 9.17) is 20.0 Å². The van der Waals surface area contributed by atoms with E-state index in [1.165, 1.54) is 0 Å². The van der Waals surface area contributed by atoms with Crippen molar-refractivity contribution in [3.05, 3.63) is 0 Å². The molecule has 0 aromatic heterocycles. The molecule has 0 radical (unpaired) electrons. The van der Waals surface area contributed by atoms with Crippen LogP contribution in [0.25, 0.3) is 0 Å². The number of hydrogen-bond donors (Lipinski definition) is 0. The molecule has 0 spiro atoms. The molecule has 0 saturated heterocycles. The van der Waals surface area contributed by atoms with Crippen LogP contribution in [0.15, 0.2) is 0 Å². The molecule has 0 unspecified atom stereocenters. The Labute approximate surface area is 114 Å². The van der Waals surface area contributed by atoms with Crippen LogP contribution in [0.1, 0.15) is 20.3 Å². The number of phosphoric acid groups is 1. The van der Waals surface area contributed by atoms with Crippen molar-refractivity contribution < 1.29 is 30.7 Å². The van der Waals surface area contributed by atoms with Crippen molar-refractivity contribution in [2.24, 2.45) is 0 Å². The van der Waals surface area contributed by atoms with Gasteiger partial charge in [0.15, 0.2) is 0 Å². The molecule has 0 fully saturated rings. The van der Waals surface area contributed by atoms with Crippen LogP contribution in [-0.2, 0) is 32.4 Å². The lowest BCUT2D eigenvalue weighted by Gasteiger charge is -2.16. The summed E-state index contributed by atoms with van der Waals surface area (Å²) < 4.78 is 53.5. The largest absolute Gasteiger partial charge is 0.474 e. The average Bonchev–Trinajstić information content (AvgIpc) is 2.33. The SMILES string of the molecule is C#CCOS(=O)(=O)CCCOP(=O)(OCC)OCC. The molecular formula is C10H19O7PS. The topological polar surface area (TPSA) is 88.1 Å². The lowest BCUT2D eigenvalue weighted by atomic mass is 10.5. The number of terminal acetylenes is 1. The molecule has 0 heterocycles. The lowest BCUT2D eigenvalue weighted by Crippen LogP contribution is -2.13. The van der Waals surface area contributed by atoms with Crippen molar-refractivity contribution in [3.8, 4) is 12.3 Å². The van der Waals surface area contributed by atoms with Crippen LogP contribution in [0.5, 0.6) is 0 Å². The van der Waals surface area contributed by atoms with Gasteiger partial charge in [0.05, 0.1) is 25.6 Å². The fraction of sp³-hybridized carbons (Fsp3) is 0.800. The number of phosphoric ester groups is 1. The van der Waals surface area contributed by atoms with Gasteiger partial charge < -0.3 is 0 Å². The van der Waals surface area contributed by atoms with Crippen LogP contribution in [0.3, 0.4) is 0 Å². The third kappa shape index (κ3) is 9.16. The van der Waals surface area contributed by atoms with E-state index in [-0.39, 0.29) is 38.6 Å². The van der Waals surface area contributed by atoms with E-state index in [1.807, 2.05) is 0 Å². The van der Waals surface area contributed by atoms with Gasteiger partial charge in [-0.05, 0) is 20.3 Å². The minimum Gasteiger partial charge on any atom is -0.287 e. The first kappa shape index (κ1) is 18.6. The molecule has 0 bridgehead atoms. The molecule has 7 nitrogen and oxygen atoms in total. The van der Waals surface area contributed by atoms with E-state index in [1.54, 1.807) is 13.8 Å². The van der Waals surface area contributed by atoms with Gasteiger partial charge in [-0.3, -0.25) is 17.8 Å². The molecule has 0 aliphatic rings. The second-order valence-electron chi connectivity index (χ2n) is 3.20. The highest BCUT2D eigenvalue weighted by atomic mass is 32.2. The Morgan fingerprint density at radius 1 is 1.16 bits per heavy atom. The van der Waals surface area contributed by atoms with Crippen molar-refractivity contribution >= 4 is 17.9 Å². The van der Waals surface area contributed by atoms with Crippen molar-refractivity contribution in [2.75, 3.05) is 32.2 Å². The van der Waals surface area contributed by atoms with E-state index in [9.17, 15) is 13.0 Å². The Balaban J connectivity index is 4.08. The summed E-state index contributed by atoms with van der Waals surface area (Å²) in [5.41, 5.74) is 0. The second kappa shape index (κ2) is 9.48. The molecule has 0 N–H and O–H groups in total. The summed E-state index contributed by atoms with van der Waals surface area (Å²) in [5.74, 6) is 1.77. The highest BCUT2D eigenvalue weighted by Crippen LogP contribution is 2.49. The zero-order chi connectivity index (χ0) is 14.8. The van der Waals surface area contributed by atoms with E-state index in [0.717, 1.165) is 0 Å². The molecule has 0 amide bonds. The number of hydrogen-bond acceptors (Lipinski definition) is 7. The highest BCUT2D eigenvalue weighted by Gasteiger charge is 2.25. The zero-order valence-electron chi connectivity index (χ0n) is 11.0. The van der Waals surface area contributed by atoms with Gasteiger partial charge in [0.25, 0.3) is 10.1 Å². The van der Waals surface area contributed by atoms with Crippen LogP contribution in [0.2, 0.25) is 0 Å². The molecule has 0 aromatic carbocycles. The maximum Gasteiger partial charge on any atom is 0.474 e. The predicted molar refractivity (Wildman–Crippen MR) is 70.0 cm³/mol. The van der Waals surface area contributed by atoms with Crippen LogP contribution >= 0.6 is 7.82 Å². The molecule has 9 heteroatoms. The second-order valence-corrected chi connectivity index (χ2v) is 6.63. The van der Waals surface area contributed by atoms with Crippen molar-refractivity contribution in [2.45, 2.75) is 20.3 Å². The monoisotopic (exact) mass is 314 g/mol. The predicted octanol–water partition coefficient (Wildman–Crippen LogP) is 1.55. The molecule has 0 saturated carbocycles. The summed E-state index contributed by atoms with van der Waals surface area (Å²) in [5, 5.41) is 0. The van der Waals surface area contributed by atoms with Crippen molar-refractivity contribution in [1.82, 2.24) is 0 Å². The van der Waals surface area contributed by atoms with E-state index in [2.05, 4.69) is 10.1 Å². The van der Waals surface area contributed by atoms with Gasteiger partial charge in [0, 0.05) is 0 Å². The van der Waals surface area contributed by atoms with E-state index < -0.39 is 17.9 Å². The standard InChI is InChI=1S/C10H19O7PS/c1-4-8-17-19(12,13)10-7-9-16-18(11,14-5-2)15-6-3/h1H,5-10H2,2-3H3. The van der Waals surface area contributed by atoms with E-state index in [0.29, 0.717) is 0 Å². The summed E-state index contributed by atoms with van der Waals surface area (Å²) >= 11 is 0. The van der Waals surface area contributed by atoms with Gasteiger partial charge >= 0.3 is 7.82 Å². The van der Waals surface area contributed by atoms with Crippen LogP contribution in [0.4, 0.5) is 0 Å². The molecule has 0 atom stereocenters. The molecule has 19 heavy (non-hydrogen) atoms. The summed E-state index contributed by atoms with van der Waals surface area (Å²) in [7, 11) is -7.27. The first-order chi connectivity index (χ1) is 8.89. The maximum atomic E-state index is 11.8. The molecule has 0 rings (SSSR count). The first-order valence-corrected chi connectivity index (χ1v) is 8.77. The van der Waals surface area contributed by atoms with Gasteiger partial charge in [-0.2, -0.15) is 8.42 Å². The van der Waals surface area contributed by atoms with Gasteiger partial charge in [0.1, 0.15) is 6.61 Å². The van der Waals surface area contributed by atoms with Gasteiger partial charge in [-0.1, -0.05) is 5.92 Å². The normalized spacial score (nSPS) is 12.3. The molecule has 0 aliphatic carbocycles. The Bertz CT molecular complexity index is 416. The minimum atomic E-state index is -3.68. The lowest BCUT2D eigenvalue weighted by molar-refractivity contribution is 0.121. The van der Waals surface area contributed by atoms with Crippen LogP contribution in [0, 0.1) is 12.3 Å². The Hall–Kier alpha value is -0.420. The maximum absolute atomic E-state index is 11.8. The molecule has 0 aliphatic heterocycles. The number of rotatable bonds is 11. The minimum absolute atomic E-state index is 0.0874. The van der Waals surface area contributed by atoms with Crippen molar-refractivity contribution in [1.29, 1.82) is 0 Å². The third-order valence-electron chi connectivity index (χ3n) is 1.68. The Kier molecular flexibility index (Phi) is 9.27. The summed E-state index contributed by atoms with van der Waals surface area (Å²) in [6.07, 6.45) is 4.97. The van der Waals surface area contributed by atoms with Gasteiger partial charge in [-0.25, -0.2) is 4.57 Å². The van der Waals surface area contributed by atoms with Crippen LogP contribution in [-0.4, -0.2) is 40.6 Å². The quantitative estimate of drug-likeness (QED) is 0.247. The van der Waals surface area contributed by atoms with Gasteiger partial charge in [0.2, 0.25) is 0 Å². The summed E-state index contributed by atoms with van der Waals surface area (Å²) in [4.78, 5) is 0. The van der Waals surface area contributed by atoms with Crippen molar-refractivity contribution in [3.63, 3.8) is 0 Å². The van der Waals surface area contributed by atoms with E-state index >= 15 is 0 Å². The fourth-order valence-corrected chi connectivity index (χ4v) is 3.07. The highest BCUT2D eigenvalue weighted by molar-refractivity contribution is 7.86.